The summed E-state index contributed by atoms with van der Waals surface area (Å²) in [6.07, 6.45) is -4.36. The number of rotatable bonds is 5. The number of sulfonamides is 1. The third kappa shape index (κ3) is 5.23. The van der Waals surface area contributed by atoms with Gasteiger partial charge in [0.25, 0.3) is 10.0 Å². The summed E-state index contributed by atoms with van der Waals surface area (Å²) in [5, 5.41) is 5.12. The van der Waals surface area contributed by atoms with Crippen molar-refractivity contribution in [3.05, 3.63) is 77.4 Å². The Morgan fingerprint density at radius 3 is 2.33 bits per heavy atom. The number of benzene rings is 3. The third-order valence-corrected chi connectivity index (χ3v) is 7.70. The number of carbonyl (C=O) groups is 2. The first-order valence-electron chi connectivity index (χ1n) is 11.8. The van der Waals surface area contributed by atoms with Crippen molar-refractivity contribution in [2.45, 2.75) is 17.5 Å². The van der Waals surface area contributed by atoms with Crippen molar-refractivity contribution in [3.8, 4) is 0 Å². The molecule has 0 unspecified atom stereocenters. The molecule has 0 radical (unpaired) electrons. The molecule has 3 aromatic carbocycles. The Morgan fingerprint density at radius 1 is 0.975 bits per heavy atom. The van der Waals surface area contributed by atoms with E-state index in [4.69, 9.17) is 0 Å². The van der Waals surface area contributed by atoms with E-state index in [1.54, 1.807) is 0 Å². The van der Waals surface area contributed by atoms with Crippen LogP contribution >= 0.6 is 0 Å². The zero-order chi connectivity index (χ0) is 28.8. The predicted molar refractivity (Wildman–Crippen MR) is 136 cm³/mol. The first-order valence-corrected chi connectivity index (χ1v) is 13.3. The molecule has 1 saturated heterocycles. The second kappa shape index (κ2) is 9.97. The second-order valence-corrected chi connectivity index (χ2v) is 10.7. The Bertz CT molecular complexity index is 1610. The zero-order valence-corrected chi connectivity index (χ0v) is 21.2. The summed E-state index contributed by atoms with van der Waals surface area (Å²) in [5.74, 6) is -2.02. The first-order chi connectivity index (χ1) is 18.8. The largest absolute Gasteiger partial charge is 0.416 e. The molecule has 5 rings (SSSR count). The van der Waals surface area contributed by atoms with Gasteiger partial charge in [-0.05, 0) is 60.5 Å². The maximum atomic E-state index is 14.2. The van der Waals surface area contributed by atoms with Gasteiger partial charge in [-0.2, -0.15) is 13.2 Å². The summed E-state index contributed by atoms with van der Waals surface area (Å²) in [6.45, 7) is 0.484. The Hall–Kier alpha value is -4.40. The van der Waals surface area contributed by atoms with Crippen molar-refractivity contribution in [1.29, 1.82) is 0 Å². The van der Waals surface area contributed by atoms with Gasteiger partial charge in [-0.3, -0.25) is 14.5 Å². The molecule has 2 aliphatic heterocycles. The van der Waals surface area contributed by atoms with Gasteiger partial charge in [-0.25, -0.2) is 26.8 Å². The van der Waals surface area contributed by atoms with Crippen molar-refractivity contribution < 1.29 is 40.0 Å². The average molecular weight is 582 g/mol. The number of halogens is 5. The van der Waals surface area contributed by atoms with Gasteiger partial charge in [0.1, 0.15) is 11.6 Å². The molecule has 3 aromatic rings. The molecule has 210 valence electrons. The summed E-state index contributed by atoms with van der Waals surface area (Å²) < 4.78 is 94.5. The van der Waals surface area contributed by atoms with Crippen molar-refractivity contribution in [2.75, 3.05) is 39.5 Å². The number of hydrogen-bond acceptors (Lipinski definition) is 4. The van der Waals surface area contributed by atoms with Crippen LogP contribution in [0.4, 0.5) is 54.3 Å². The highest BCUT2D eigenvalue weighted by atomic mass is 32.2. The van der Waals surface area contributed by atoms with E-state index >= 15 is 0 Å². The monoisotopic (exact) mass is 581 g/mol. The number of alkyl halides is 3. The lowest BCUT2D eigenvalue weighted by atomic mass is 10.1. The van der Waals surface area contributed by atoms with Crippen LogP contribution in [0, 0.1) is 11.6 Å². The van der Waals surface area contributed by atoms with E-state index in [1.165, 1.54) is 15.9 Å². The fourth-order valence-corrected chi connectivity index (χ4v) is 5.61. The van der Waals surface area contributed by atoms with Crippen LogP contribution in [0.5, 0.6) is 0 Å². The van der Waals surface area contributed by atoms with Gasteiger partial charge in [0.05, 0.1) is 27.5 Å². The summed E-state index contributed by atoms with van der Waals surface area (Å²) in [4.78, 5) is 27.9. The van der Waals surface area contributed by atoms with Gasteiger partial charge in [0.2, 0.25) is 0 Å². The molecule has 4 amide bonds. The topological polar surface area (TPSA) is 111 Å². The Balaban J connectivity index is 1.49. The van der Waals surface area contributed by atoms with E-state index in [0.717, 1.165) is 42.5 Å². The third-order valence-electron chi connectivity index (χ3n) is 6.36. The Morgan fingerprint density at radius 2 is 1.70 bits per heavy atom. The molecule has 0 atom stereocenters. The van der Waals surface area contributed by atoms with E-state index in [-0.39, 0.29) is 48.0 Å². The molecule has 1 fully saturated rings. The number of anilines is 4. The lowest BCUT2D eigenvalue weighted by molar-refractivity contribution is -0.137. The first kappa shape index (κ1) is 27.2. The molecule has 0 spiro atoms. The summed E-state index contributed by atoms with van der Waals surface area (Å²) >= 11 is 0. The van der Waals surface area contributed by atoms with Crippen LogP contribution in [0.2, 0.25) is 0 Å². The standard InChI is InChI=1S/C25H20F5N5O4S/c26-16-3-6-20(19(27)12-16)33-40(38,39)18-11-14-7-9-35(22(14)21(13-18)34-10-8-31-23(34)36)24(37)32-17-4-1-15(2-5-17)25(28,29)30/h1-6,11-13,33H,7-10H2,(H,31,36)(H,32,37). The van der Waals surface area contributed by atoms with Crippen LogP contribution in [-0.2, 0) is 22.6 Å². The summed E-state index contributed by atoms with van der Waals surface area (Å²) in [7, 11) is -4.42. The predicted octanol–water partition coefficient (Wildman–Crippen LogP) is 4.91. The van der Waals surface area contributed by atoms with Gasteiger partial charge in [-0.15, -0.1) is 0 Å². The highest BCUT2D eigenvalue weighted by Gasteiger charge is 2.35. The summed E-state index contributed by atoms with van der Waals surface area (Å²) in [5.41, 5.74) is -0.556. The van der Waals surface area contributed by atoms with E-state index in [2.05, 4.69) is 15.4 Å². The smallest absolute Gasteiger partial charge is 0.336 e. The molecule has 0 aromatic heterocycles. The highest BCUT2D eigenvalue weighted by Crippen LogP contribution is 2.41. The number of hydrogen-bond donors (Lipinski definition) is 3. The van der Waals surface area contributed by atoms with Gasteiger partial charge in [0, 0.05) is 31.4 Å². The summed E-state index contributed by atoms with van der Waals surface area (Å²) in [6, 6.07) is 7.38. The molecule has 2 aliphatic rings. The molecule has 0 saturated carbocycles. The normalized spacial score (nSPS) is 15.2. The average Bonchev–Trinajstić information content (AvgIpc) is 3.51. The van der Waals surface area contributed by atoms with Gasteiger partial charge < -0.3 is 10.6 Å². The fourth-order valence-electron chi connectivity index (χ4n) is 4.47. The van der Waals surface area contributed by atoms with E-state index in [0.29, 0.717) is 11.6 Å². The maximum Gasteiger partial charge on any atom is 0.416 e. The van der Waals surface area contributed by atoms with Crippen LogP contribution in [0.3, 0.4) is 0 Å². The molecular weight excluding hydrogens is 561 g/mol. The quantitative estimate of drug-likeness (QED) is 0.372. The van der Waals surface area contributed by atoms with E-state index in [1.807, 2.05) is 0 Å². The fraction of sp³-hybridized carbons (Fsp3) is 0.200. The van der Waals surface area contributed by atoms with Gasteiger partial charge in [-0.1, -0.05) is 0 Å². The number of amides is 4. The number of urea groups is 2. The van der Waals surface area contributed by atoms with Crippen LogP contribution in [0.15, 0.2) is 59.5 Å². The molecule has 0 bridgehead atoms. The van der Waals surface area contributed by atoms with Crippen LogP contribution in [0.1, 0.15) is 11.1 Å². The SMILES string of the molecule is O=C1NCCN1c1cc(S(=O)(=O)Nc2ccc(F)cc2F)cc2c1N(C(=O)Nc1ccc(C(F)(F)F)cc1)CC2. The van der Waals surface area contributed by atoms with Gasteiger partial charge in [0.15, 0.2) is 0 Å². The maximum absolute atomic E-state index is 14.2. The molecule has 15 heteroatoms. The van der Waals surface area contributed by atoms with E-state index in [9.17, 15) is 40.0 Å². The molecule has 2 heterocycles. The zero-order valence-electron chi connectivity index (χ0n) is 20.4. The van der Waals surface area contributed by atoms with Crippen LogP contribution in [0.25, 0.3) is 0 Å². The van der Waals surface area contributed by atoms with Crippen molar-refractivity contribution in [1.82, 2.24) is 5.32 Å². The van der Waals surface area contributed by atoms with Crippen molar-refractivity contribution in [2.24, 2.45) is 0 Å². The lowest BCUT2D eigenvalue weighted by Gasteiger charge is -2.25. The van der Waals surface area contributed by atoms with Crippen LogP contribution < -0.4 is 25.2 Å². The number of carbonyl (C=O) groups excluding carboxylic acids is 2. The van der Waals surface area contributed by atoms with E-state index < -0.39 is 51.1 Å². The lowest BCUT2D eigenvalue weighted by Crippen LogP contribution is -2.36. The van der Waals surface area contributed by atoms with Gasteiger partial charge >= 0.3 is 18.2 Å². The molecule has 40 heavy (non-hydrogen) atoms. The minimum atomic E-state index is -4.54. The van der Waals surface area contributed by atoms with Crippen LogP contribution in [-0.4, -0.2) is 40.1 Å². The second-order valence-electron chi connectivity index (χ2n) is 8.97. The number of nitrogens with one attached hydrogen (secondary N) is 3. The minimum Gasteiger partial charge on any atom is -0.336 e. The number of fused-ring (bicyclic) bond motifs is 1. The Labute approximate surface area is 224 Å². The van der Waals surface area contributed by atoms with Crippen molar-refractivity contribution >= 4 is 44.8 Å². The number of nitrogens with zero attached hydrogens (tertiary/aromatic N) is 2. The molecule has 0 aliphatic carbocycles. The molecule has 3 N–H and O–H groups in total. The molecule has 9 nitrogen and oxygen atoms in total. The highest BCUT2D eigenvalue weighted by molar-refractivity contribution is 7.92. The Kier molecular flexibility index (Phi) is 6.77. The van der Waals surface area contributed by atoms with Crippen molar-refractivity contribution in [3.63, 3.8) is 0 Å². The minimum absolute atomic E-state index is 0.0772. The molecular formula is C25H20F5N5O4S.